The lowest BCUT2D eigenvalue weighted by atomic mass is 10.1. The Labute approximate surface area is 173 Å². The van der Waals surface area contributed by atoms with Gasteiger partial charge in [-0.3, -0.25) is 4.79 Å². The molecule has 0 saturated carbocycles. The lowest BCUT2D eigenvalue weighted by Crippen LogP contribution is -2.36. The van der Waals surface area contributed by atoms with Crippen LogP contribution < -0.4 is 10.2 Å². The molecule has 1 amide bonds. The lowest BCUT2D eigenvalue weighted by molar-refractivity contribution is 0.102. The van der Waals surface area contributed by atoms with Gasteiger partial charge in [-0.05, 0) is 56.3 Å². The maximum Gasteiger partial charge on any atom is 0.259 e. The number of nitrogens with zero attached hydrogens (tertiary/aromatic N) is 3. The van der Waals surface area contributed by atoms with E-state index in [1.54, 1.807) is 42.8 Å². The molecule has 2 aromatic carbocycles. The highest BCUT2D eigenvalue weighted by atomic mass is 19.1. The predicted molar refractivity (Wildman–Crippen MR) is 110 cm³/mol. The Morgan fingerprint density at radius 2 is 1.77 bits per heavy atom. The number of nitrogens with one attached hydrogen (secondary N) is 1. The molecule has 0 spiro atoms. The SMILES string of the molecule is Cc1nn(-c2ccc(F)cc2)c(C)c1C(=O)Nc1ccc(N2CCOCC2)c(F)c1. The first-order valence-electron chi connectivity index (χ1n) is 9.70. The summed E-state index contributed by atoms with van der Waals surface area (Å²) in [5, 5.41) is 7.16. The Hall–Kier alpha value is -3.26. The average molecular weight is 412 g/mol. The van der Waals surface area contributed by atoms with Gasteiger partial charge in [0.25, 0.3) is 5.91 Å². The molecule has 1 aliphatic heterocycles. The van der Waals surface area contributed by atoms with Crippen LogP contribution in [0, 0.1) is 25.5 Å². The van der Waals surface area contributed by atoms with Crippen molar-refractivity contribution in [3.63, 3.8) is 0 Å². The summed E-state index contributed by atoms with van der Waals surface area (Å²) in [7, 11) is 0. The maximum absolute atomic E-state index is 14.6. The molecule has 4 rings (SSSR count). The van der Waals surface area contributed by atoms with Crippen LogP contribution in [0.5, 0.6) is 0 Å². The van der Waals surface area contributed by atoms with Crippen molar-refractivity contribution >= 4 is 17.3 Å². The zero-order chi connectivity index (χ0) is 21.3. The smallest absolute Gasteiger partial charge is 0.259 e. The predicted octanol–water partition coefficient (Wildman–Crippen LogP) is 3.86. The molecular formula is C22H22F2N4O2. The van der Waals surface area contributed by atoms with E-state index in [1.807, 2.05) is 4.90 Å². The molecule has 156 valence electrons. The first-order chi connectivity index (χ1) is 14.4. The molecule has 0 aliphatic carbocycles. The molecule has 1 N–H and O–H groups in total. The third-order valence-corrected chi connectivity index (χ3v) is 5.15. The van der Waals surface area contributed by atoms with Crippen molar-refractivity contribution in [2.24, 2.45) is 0 Å². The molecule has 0 unspecified atom stereocenters. The van der Waals surface area contributed by atoms with Crippen molar-refractivity contribution < 1.29 is 18.3 Å². The summed E-state index contributed by atoms with van der Waals surface area (Å²) in [6, 6.07) is 10.5. The van der Waals surface area contributed by atoms with E-state index in [1.165, 1.54) is 18.2 Å². The quantitative estimate of drug-likeness (QED) is 0.707. The topological polar surface area (TPSA) is 59.4 Å². The highest BCUT2D eigenvalue weighted by Gasteiger charge is 2.21. The number of ether oxygens (including phenoxy) is 1. The van der Waals surface area contributed by atoms with Crippen molar-refractivity contribution in [3.8, 4) is 5.69 Å². The van der Waals surface area contributed by atoms with Gasteiger partial charge in [-0.15, -0.1) is 0 Å². The van der Waals surface area contributed by atoms with Gasteiger partial charge in [0.05, 0.1) is 41.5 Å². The minimum Gasteiger partial charge on any atom is -0.378 e. The van der Waals surface area contributed by atoms with Crippen LogP contribution in [-0.4, -0.2) is 42.0 Å². The molecule has 6 nitrogen and oxygen atoms in total. The van der Waals surface area contributed by atoms with E-state index in [-0.39, 0.29) is 11.7 Å². The third kappa shape index (κ3) is 3.91. The zero-order valence-corrected chi connectivity index (χ0v) is 16.8. The summed E-state index contributed by atoms with van der Waals surface area (Å²) in [5.74, 6) is -1.12. The van der Waals surface area contributed by atoms with E-state index in [4.69, 9.17) is 4.74 Å². The number of hydrogen-bond acceptors (Lipinski definition) is 4. The molecule has 1 fully saturated rings. The second kappa shape index (κ2) is 8.23. The summed E-state index contributed by atoms with van der Waals surface area (Å²) in [6.07, 6.45) is 0. The fourth-order valence-electron chi connectivity index (χ4n) is 3.64. The van der Waals surface area contributed by atoms with Crippen molar-refractivity contribution in [1.82, 2.24) is 9.78 Å². The molecule has 1 aromatic heterocycles. The van der Waals surface area contributed by atoms with Gasteiger partial charge in [-0.25, -0.2) is 13.5 Å². The minimum atomic E-state index is -0.398. The highest BCUT2D eigenvalue weighted by Crippen LogP contribution is 2.25. The molecule has 0 radical (unpaired) electrons. The van der Waals surface area contributed by atoms with Crippen LogP contribution in [0.3, 0.4) is 0 Å². The molecule has 1 aliphatic rings. The van der Waals surface area contributed by atoms with Gasteiger partial charge in [-0.2, -0.15) is 5.10 Å². The molecule has 8 heteroatoms. The Balaban J connectivity index is 1.55. The summed E-state index contributed by atoms with van der Waals surface area (Å²) in [5.41, 5.74) is 3.05. The van der Waals surface area contributed by atoms with Crippen LogP contribution in [0.15, 0.2) is 42.5 Å². The molecule has 0 bridgehead atoms. The van der Waals surface area contributed by atoms with Gasteiger partial charge in [0.2, 0.25) is 0 Å². The fraction of sp³-hybridized carbons (Fsp3) is 0.273. The number of rotatable bonds is 4. The number of morpholine rings is 1. The van der Waals surface area contributed by atoms with Crippen LogP contribution in [0.25, 0.3) is 5.69 Å². The molecule has 30 heavy (non-hydrogen) atoms. The summed E-state index contributed by atoms with van der Waals surface area (Å²) in [4.78, 5) is 14.8. The van der Waals surface area contributed by atoms with Gasteiger partial charge in [0, 0.05) is 18.8 Å². The van der Waals surface area contributed by atoms with Crippen LogP contribution >= 0.6 is 0 Å². The molecule has 3 aromatic rings. The van der Waals surface area contributed by atoms with Gasteiger partial charge < -0.3 is 15.0 Å². The van der Waals surface area contributed by atoms with E-state index >= 15 is 0 Å². The maximum atomic E-state index is 14.6. The van der Waals surface area contributed by atoms with Crippen LogP contribution in [0.2, 0.25) is 0 Å². The van der Waals surface area contributed by atoms with Gasteiger partial charge in [0.1, 0.15) is 11.6 Å². The Kier molecular flexibility index (Phi) is 5.50. The van der Waals surface area contributed by atoms with E-state index in [0.717, 1.165) is 0 Å². The normalized spacial score (nSPS) is 14.1. The fourth-order valence-corrected chi connectivity index (χ4v) is 3.64. The summed E-state index contributed by atoms with van der Waals surface area (Å²) >= 11 is 0. The Morgan fingerprint density at radius 3 is 2.43 bits per heavy atom. The summed E-state index contributed by atoms with van der Waals surface area (Å²) < 4.78 is 34.7. The second-order valence-corrected chi connectivity index (χ2v) is 7.15. The first-order valence-corrected chi connectivity index (χ1v) is 9.70. The van der Waals surface area contributed by atoms with E-state index in [0.29, 0.717) is 60.3 Å². The monoisotopic (exact) mass is 412 g/mol. The number of benzene rings is 2. The van der Waals surface area contributed by atoms with Gasteiger partial charge in [0.15, 0.2) is 0 Å². The van der Waals surface area contributed by atoms with Gasteiger partial charge >= 0.3 is 0 Å². The number of halogens is 2. The number of hydrogen-bond donors (Lipinski definition) is 1. The van der Waals surface area contributed by atoms with E-state index < -0.39 is 5.82 Å². The average Bonchev–Trinajstić information content (AvgIpc) is 3.03. The molecular weight excluding hydrogens is 390 g/mol. The minimum absolute atomic E-state index is 0.346. The molecule has 2 heterocycles. The number of aromatic nitrogens is 2. The van der Waals surface area contributed by atoms with Gasteiger partial charge in [-0.1, -0.05) is 0 Å². The van der Waals surface area contributed by atoms with Crippen molar-refractivity contribution in [2.75, 3.05) is 36.5 Å². The number of anilines is 2. The largest absolute Gasteiger partial charge is 0.378 e. The van der Waals surface area contributed by atoms with Crippen molar-refractivity contribution in [2.45, 2.75) is 13.8 Å². The Bertz CT molecular complexity index is 1070. The molecule has 1 saturated heterocycles. The van der Waals surface area contributed by atoms with E-state index in [9.17, 15) is 13.6 Å². The third-order valence-electron chi connectivity index (χ3n) is 5.15. The van der Waals surface area contributed by atoms with Crippen molar-refractivity contribution in [1.29, 1.82) is 0 Å². The number of carbonyl (C=O) groups is 1. The summed E-state index contributed by atoms with van der Waals surface area (Å²) in [6.45, 7) is 5.88. The Morgan fingerprint density at radius 1 is 1.07 bits per heavy atom. The van der Waals surface area contributed by atoms with Crippen LogP contribution in [-0.2, 0) is 4.74 Å². The zero-order valence-electron chi connectivity index (χ0n) is 16.8. The molecule has 0 atom stereocenters. The van der Waals surface area contributed by atoms with E-state index in [2.05, 4.69) is 10.4 Å². The number of carbonyl (C=O) groups excluding carboxylic acids is 1. The van der Waals surface area contributed by atoms with Crippen molar-refractivity contribution in [3.05, 3.63) is 71.1 Å². The van der Waals surface area contributed by atoms with Crippen LogP contribution in [0.1, 0.15) is 21.7 Å². The number of amides is 1. The number of aryl methyl sites for hydroxylation is 1. The highest BCUT2D eigenvalue weighted by molar-refractivity contribution is 6.06. The van der Waals surface area contributed by atoms with Crippen LogP contribution in [0.4, 0.5) is 20.2 Å². The first kappa shape index (κ1) is 20.0. The second-order valence-electron chi connectivity index (χ2n) is 7.15. The standard InChI is InChI=1S/C22H22F2N4O2/c1-14-21(15(2)28(26-14)18-6-3-16(23)4-7-18)22(29)25-17-5-8-20(19(24)13-17)27-9-11-30-12-10-27/h3-8,13H,9-12H2,1-2H3,(H,25,29). The lowest BCUT2D eigenvalue weighted by Gasteiger charge is -2.29.